The normalized spacial score (nSPS) is 20.1. The van der Waals surface area contributed by atoms with Gasteiger partial charge in [-0.3, -0.25) is 4.79 Å². The van der Waals surface area contributed by atoms with Crippen LogP contribution in [0.3, 0.4) is 0 Å². The number of aromatic nitrogens is 1. The lowest BCUT2D eigenvalue weighted by Gasteiger charge is -2.38. The maximum Gasteiger partial charge on any atom is 0.314 e. The summed E-state index contributed by atoms with van der Waals surface area (Å²) in [5.74, 6) is -1.91. The third kappa shape index (κ3) is 3.92. The molecule has 1 spiro atoms. The number of nitrogens with zero attached hydrogens (tertiary/aromatic N) is 2. The lowest BCUT2D eigenvalue weighted by molar-refractivity contribution is -0.185. The van der Waals surface area contributed by atoms with E-state index >= 15 is 0 Å². The van der Waals surface area contributed by atoms with E-state index in [9.17, 15) is 9.18 Å². The number of likely N-dealkylation sites (tertiary alicyclic amines) is 1. The van der Waals surface area contributed by atoms with Crippen molar-refractivity contribution < 1.29 is 28.1 Å². The highest BCUT2D eigenvalue weighted by atomic mass is 19.1. The maximum atomic E-state index is 14.9. The summed E-state index contributed by atoms with van der Waals surface area (Å²) >= 11 is 0. The molecule has 2 aromatic rings. The predicted octanol–water partition coefficient (Wildman–Crippen LogP) is 2.48. The van der Waals surface area contributed by atoms with Gasteiger partial charge in [0.25, 0.3) is 0 Å². The molecule has 0 N–H and O–H groups in total. The van der Waals surface area contributed by atoms with Crippen molar-refractivity contribution in [3.05, 3.63) is 35.6 Å². The summed E-state index contributed by atoms with van der Waals surface area (Å²) in [6.45, 7) is 2.93. The van der Waals surface area contributed by atoms with Crippen LogP contribution < -0.4 is 4.74 Å². The Hall–Kier alpha value is -2.29. The number of ether oxygens (including phenoxy) is 4. The number of rotatable bonds is 5. The summed E-state index contributed by atoms with van der Waals surface area (Å²) in [4.78, 5) is 19.2. The Morgan fingerprint density at radius 3 is 2.55 bits per heavy atom. The Balaban J connectivity index is 1.64. The van der Waals surface area contributed by atoms with Crippen molar-refractivity contribution in [2.45, 2.75) is 24.5 Å². The first kappa shape index (κ1) is 20.0. The highest BCUT2D eigenvalue weighted by Gasteiger charge is 2.41. The second kappa shape index (κ2) is 8.22. The van der Waals surface area contributed by atoms with Gasteiger partial charge in [0.15, 0.2) is 5.79 Å². The van der Waals surface area contributed by atoms with Crippen LogP contribution in [-0.4, -0.2) is 68.7 Å². The molecule has 1 unspecified atom stereocenters. The molecule has 0 radical (unpaired) electrons. The van der Waals surface area contributed by atoms with Gasteiger partial charge < -0.3 is 23.8 Å². The van der Waals surface area contributed by atoms with Gasteiger partial charge in [0.05, 0.1) is 38.9 Å². The Labute approximate surface area is 168 Å². The molecule has 1 atom stereocenters. The Morgan fingerprint density at radius 2 is 1.90 bits per heavy atom. The lowest BCUT2D eigenvalue weighted by atomic mass is 9.93. The number of hydrogen-bond donors (Lipinski definition) is 0. The number of fused-ring (bicyclic) bond motifs is 1. The van der Waals surface area contributed by atoms with Crippen molar-refractivity contribution in [3.8, 4) is 5.88 Å². The molecular weight excluding hydrogens is 379 g/mol. The first-order valence-electron chi connectivity index (χ1n) is 9.76. The summed E-state index contributed by atoms with van der Waals surface area (Å²) in [6, 6.07) is 6.53. The van der Waals surface area contributed by atoms with E-state index in [-0.39, 0.29) is 5.56 Å². The molecule has 7 nitrogen and oxygen atoms in total. The molecule has 0 amide bonds. The topological polar surface area (TPSA) is 70.1 Å². The van der Waals surface area contributed by atoms with Crippen LogP contribution in [0.5, 0.6) is 5.88 Å². The minimum atomic E-state index is -0.803. The van der Waals surface area contributed by atoms with Crippen LogP contribution in [0.1, 0.15) is 24.3 Å². The first-order valence-corrected chi connectivity index (χ1v) is 9.76. The summed E-state index contributed by atoms with van der Waals surface area (Å²) in [7, 11) is 2.82. The fraction of sp³-hybridized carbons (Fsp3) is 0.524. The summed E-state index contributed by atoms with van der Waals surface area (Å²) in [5.41, 5.74) is 0.651. The van der Waals surface area contributed by atoms with E-state index in [1.807, 2.05) is 0 Å². The summed E-state index contributed by atoms with van der Waals surface area (Å²) in [5, 5.41) is 0.737. The summed E-state index contributed by atoms with van der Waals surface area (Å²) < 4.78 is 36.7. The Bertz CT molecular complexity index is 890. The SMILES string of the molecule is COC(=O)C(CN1CCC2(CC1)OCCO2)c1c(F)ccc2ccc(OC)nc12. The number of methoxy groups -OCH3 is 2. The number of esters is 1. The Kier molecular flexibility index (Phi) is 5.67. The van der Waals surface area contributed by atoms with Crippen molar-refractivity contribution in [1.29, 1.82) is 0 Å². The second-order valence-corrected chi connectivity index (χ2v) is 7.37. The van der Waals surface area contributed by atoms with Gasteiger partial charge in [-0.1, -0.05) is 0 Å². The van der Waals surface area contributed by atoms with Crippen molar-refractivity contribution in [1.82, 2.24) is 9.88 Å². The molecule has 0 bridgehead atoms. The van der Waals surface area contributed by atoms with E-state index in [1.54, 1.807) is 18.2 Å². The average molecular weight is 404 g/mol. The minimum absolute atomic E-state index is 0.238. The number of halogens is 1. The molecule has 0 aliphatic carbocycles. The lowest BCUT2D eigenvalue weighted by Crippen LogP contribution is -2.47. The number of benzene rings is 1. The molecule has 1 aromatic heterocycles. The van der Waals surface area contributed by atoms with Gasteiger partial charge in [0, 0.05) is 49.5 Å². The number of carbonyl (C=O) groups excluding carboxylic acids is 1. The fourth-order valence-electron chi connectivity index (χ4n) is 4.16. The molecule has 156 valence electrons. The first-order chi connectivity index (χ1) is 14.0. The number of piperidine rings is 1. The molecule has 2 fully saturated rings. The molecule has 3 heterocycles. The quantitative estimate of drug-likeness (QED) is 0.709. The standard InChI is InChI=1S/C21H25FN2O5/c1-26-17-6-4-14-3-5-16(22)18(19(14)23-17)15(20(25)27-2)13-24-9-7-21(8-10-24)28-11-12-29-21/h3-6,15H,7-13H2,1-2H3. The van der Waals surface area contributed by atoms with Crippen LogP contribution >= 0.6 is 0 Å². The van der Waals surface area contributed by atoms with E-state index in [0.29, 0.717) is 57.1 Å². The van der Waals surface area contributed by atoms with Gasteiger partial charge in [-0.05, 0) is 18.2 Å². The zero-order valence-electron chi connectivity index (χ0n) is 16.7. The molecule has 0 saturated carbocycles. The van der Waals surface area contributed by atoms with Crippen LogP contribution in [0.15, 0.2) is 24.3 Å². The van der Waals surface area contributed by atoms with Gasteiger partial charge in [-0.15, -0.1) is 0 Å². The molecule has 2 aliphatic rings. The molecule has 1 aromatic carbocycles. The van der Waals surface area contributed by atoms with Gasteiger partial charge in [-0.25, -0.2) is 9.37 Å². The zero-order chi connectivity index (χ0) is 20.4. The molecule has 8 heteroatoms. The average Bonchev–Trinajstić information content (AvgIpc) is 3.21. The molecule has 2 saturated heterocycles. The van der Waals surface area contributed by atoms with Gasteiger partial charge in [0.2, 0.25) is 5.88 Å². The van der Waals surface area contributed by atoms with E-state index in [1.165, 1.54) is 20.3 Å². The van der Waals surface area contributed by atoms with E-state index in [0.717, 1.165) is 5.39 Å². The van der Waals surface area contributed by atoms with Crippen molar-refractivity contribution in [2.24, 2.45) is 0 Å². The van der Waals surface area contributed by atoms with E-state index < -0.39 is 23.5 Å². The van der Waals surface area contributed by atoms with Gasteiger partial charge in [-0.2, -0.15) is 0 Å². The van der Waals surface area contributed by atoms with Gasteiger partial charge >= 0.3 is 5.97 Å². The number of pyridine rings is 1. The van der Waals surface area contributed by atoms with E-state index in [2.05, 4.69) is 9.88 Å². The van der Waals surface area contributed by atoms with Crippen molar-refractivity contribution in [3.63, 3.8) is 0 Å². The zero-order valence-corrected chi connectivity index (χ0v) is 16.7. The highest BCUT2D eigenvalue weighted by Crippen LogP contribution is 2.34. The molecular formula is C21H25FN2O5. The van der Waals surface area contributed by atoms with E-state index in [4.69, 9.17) is 18.9 Å². The van der Waals surface area contributed by atoms with Crippen LogP contribution in [-0.2, 0) is 19.0 Å². The predicted molar refractivity (Wildman–Crippen MR) is 103 cm³/mol. The monoisotopic (exact) mass is 404 g/mol. The van der Waals surface area contributed by atoms with Crippen LogP contribution in [0.25, 0.3) is 10.9 Å². The van der Waals surface area contributed by atoms with Crippen molar-refractivity contribution >= 4 is 16.9 Å². The molecule has 2 aliphatic heterocycles. The maximum absolute atomic E-state index is 14.9. The van der Waals surface area contributed by atoms with Crippen LogP contribution in [0.2, 0.25) is 0 Å². The van der Waals surface area contributed by atoms with Crippen molar-refractivity contribution in [2.75, 3.05) is 47.1 Å². The summed E-state index contributed by atoms with van der Waals surface area (Å²) in [6.07, 6.45) is 1.43. The molecule has 4 rings (SSSR count). The largest absolute Gasteiger partial charge is 0.481 e. The smallest absolute Gasteiger partial charge is 0.314 e. The second-order valence-electron chi connectivity index (χ2n) is 7.37. The molecule has 29 heavy (non-hydrogen) atoms. The van der Waals surface area contributed by atoms with Crippen LogP contribution in [0.4, 0.5) is 4.39 Å². The number of hydrogen-bond acceptors (Lipinski definition) is 7. The number of carbonyl (C=O) groups is 1. The third-order valence-electron chi connectivity index (χ3n) is 5.74. The van der Waals surface area contributed by atoms with Crippen LogP contribution in [0, 0.1) is 5.82 Å². The minimum Gasteiger partial charge on any atom is -0.481 e. The Morgan fingerprint density at radius 1 is 1.21 bits per heavy atom. The fourth-order valence-corrected chi connectivity index (χ4v) is 4.16. The third-order valence-corrected chi connectivity index (χ3v) is 5.74. The van der Waals surface area contributed by atoms with Gasteiger partial charge in [0.1, 0.15) is 5.82 Å². The highest BCUT2D eigenvalue weighted by molar-refractivity contribution is 5.89.